The van der Waals surface area contributed by atoms with Gasteiger partial charge in [-0.3, -0.25) is 14.5 Å². The number of nitrogens with one attached hydrogen (secondary N) is 1. The second-order valence-corrected chi connectivity index (χ2v) is 6.35. The van der Waals surface area contributed by atoms with Gasteiger partial charge >= 0.3 is 0 Å². The zero-order chi connectivity index (χ0) is 14.7. The van der Waals surface area contributed by atoms with Gasteiger partial charge in [0.2, 0.25) is 5.91 Å². The minimum atomic E-state index is -0.513. The van der Waals surface area contributed by atoms with E-state index < -0.39 is 5.91 Å². The first kappa shape index (κ1) is 15.0. The van der Waals surface area contributed by atoms with Gasteiger partial charge in [-0.25, -0.2) is 0 Å². The molecule has 0 saturated carbocycles. The highest BCUT2D eigenvalue weighted by Gasteiger charge is 2.26. The summed E-state index contributed by atoms with van der Waals surface area (Å²) in [6.07, 6.45) is 2.35. The van der Waals surface area contributed by atoms with Crippen LogP contribution in [0.15, 0.2) is 11.4 Å². The Labute approximate surface area is 123 Å². The monoisotopic (exact) mass is 295 g/mol. The van der Waals surface area contributed by atoms with Crippen molar-refractivity contribution in [1.82, 2.24) is 4.90 Å². The van der Waals surface area contributed by atoms with Gasteiger partial charge in [0.15, 0.2) is 0 Å². The summed E-state index contributed by atoms with van der Waals surface area (Å²) in [6, 6.07) is 1.44. The van der Waals surface area contributed by atoms with Crippen LogP contribution in [0.25, 0.3) is 0 Å². The normalized spacial score (nSPS) is 21.4. The lowest BCUT2D eigenvalue weighted by Crippen LogP contribution is -2.46. The highest BCUT2D eigenvalue weighted by Crippen LogP contribution is 2.24. The van der Waals surface area contributed by atoms with Gasteiger partial charge < -0.3 is 11.1 Å². The minimum absolute atomic E-state index is 0.0796. The van der Waals surface area contributed by atoms with Crippen LogP contribution in [0.1, 0.15) is 37.0 Å². The van der Waals surface area contributed by atoms with Gasteiger partial charge in [0.25, 0.3) is 5.91 Å². The molecule has 0 unspecified atom stereocenters. The molecule has 3 N–H and O–H groups in total. The molecule has 20 heavy (non-hydrogen) atoms. The number of likely N-dealkylation sites (tertiary alicyclic amines) is 1. The van der Waals surface area contributed by atoms with E-state index in [9.17, 15) is 9.59 Å². The first-order valence-electron chi connectivity index (χ1n) is 6.91. The summed E-state index contributed by atoms with van der Waals surface area (Å²) in [6.45, 7) is 6.01. The second kappa shape index (κ2) is 6.37. The number of piperidine rings is 1. The van der Waals surface area contributed by atoms with Crippen LogP contribution in [-0.4, -0.2) is 35.8 Å². The predicted octanol–water partition coefficient (Wildman–Crippen LogP) is 1.91. The second-order valence-electron chi connectivity index (χ2n) is 5.44. The van der Waals surface area contributed by atoms with Crippen LogP contribution in [-0.2, 0) is 4.79 Å². The van der Waals surface area contributed by atoms with E-state index in [1.807, 2.05) is 6.92 Å². The molecule has 2 rings (SSSR count). The summed E-state index contributed by atoms with van der Waals surface area (Å²) in [5.74, 6) is 0.0340. The largest absolute Gasteiger partial charge is 0.366 e. The highest BCUT2D eigenvalue weighted by atomic mass is 32.1. The van der Waals surface area contributed by atoms with Crippen molar-refractivity contribution in [2.24, 2.45) is 11.7 Å². The van der Waals surface area contributed by atoms with Crippen LogP contribution in [0.5, 0.6) is 0 Å². The van der Waals surface area contributed by atoms with Gasteiger partial charge in [-0.15, -0.1) is 11.3 Å². The zero-order valence-electron chi connectivity index (χ0n) is 11.9. The van der Waals surface area contributed by atoms with Gasteiger partial charge in [0.1, 0.15) is 5.00 Å². The maximum atomic E-state index is 12.3. The van der Waals surface area contributed by atoms with E-state index >= 15 is 0 Å². The summed E-state index contributed by atoms with van der Waals surface area (Å²) in [5, 5.41) is 5.12. The minimum Gasteiger partial charge on any atom is -0.366 e. The molecule has 2 amide bonds. The molecule has 0 spiro atoms. The first-order valence-corrected chi connectivity index (χ1v) is 7.79. The molecule has 0 radical (unpaired) electrons. The van der Waals surface area contributed by atoms with Gasteiger partial charge in [-0.2, -0.15) is 0 Å². The van der Waals surface area contributed by atoms with E-state index in [1.54, 1.807) is 11.4 Å². The lowest BCUT2D eigenvalue weighted by Gasteiger charge is -2.34. The van der Waals surface area contributed by atoms with E-state index in [0.717, 1.165) is 19.5 Å². The quantitative estimate of drug-likeness (QED) is 0.891. The smallest absolute Gasteiger partial charge is 0.251 e. The molecule has 1 aliphatic heterocycles. The number of nitrogens with two attached hydrogens (primary N) is 1. The Morgan fingerprint density at radius 2 is 2.30 bits per heavy atom. The SMILES string of the molecule is C[C@H]1CCCN([C@H](C)C(=O)Nc2sccc2C(N)=O)C1. The predicted molar refractivity (Wildman–Crippen MR) is 80.9 cm³/mol. The van der Waals surface area contributed by atoms with Gasteiger partial charge in [0.05, 0.1) is 11.6 Å². The number of rotatable bonds is 4. The Hall–Kier alpha value is -1.40. The van der Waals surface area contributed by atoms with Crippen LogP contribution in [0.4, 0.5) is 5.00 Å². The Morgan fingerprint density at radius 1 is 1.55 bits per heavy atom. The number of amides is 2. The van der Waals surface area contributed by atoms with Crippen molar-refractivity contribution < 1.29 is 9.59 Å². The van der Waals surface area contributed by atoms with E-state index in [1.165, 1.54) is 17.8 Å². The summed E-state index contributed by atoms with van der Waals surface area (Å²) in [4.78, 5) is 25.7. The summed E-state index contributed by atoms with van der Waals surface area (Å²) in [5.41, 5.74) is 5.66. The van der Waals surface area contributed by atoms with Crippen molar-refractivity contribution in [2.75, 3.05) is 18.4 Å². The molecule has 1 fully saturated rings. The number of carbonyl (C=O) groups excluding carboxylic acids is 2. The Morgan fingerprint density at radius 3 is 2.95 bits per heavy atom. The van der Waals surface area contributed by atoms with E-state index in [0.29, 0.717) is 16.5 Å². The molecule has 2 atom stereocenters. The maximum absolute atomic E-state index is 12.3. The van der Waals surface area contributed by atoms with Crippen molar-refractivity contribution in [3.8, 4) is 0 Å². The van der Waals surface area contributed by atoms with E-state index in [4.69, 9.17) is 5.73 Å². The molecule has 5 nitrogen and oxygen atoms in total. The van der Waals surface area contributed by atoms with Gasteiger partial charge in [-0.05, 0) is 43.7 Å². The third-order valence-corrected chi connectivity index (χ3v) is 4.61. The molecule has 110 valence electrons. The molecule has 0 aromatic carbocycles. The van der Waals surface area contributed by atoms with Crippen LogP contribution in [0.2, 0.25) is 0 Å². The van der Waals surface area contributed by atoms with Crippen LogP contribution >= 0.6 is 11.3 Å². The number of anilines is 1. The molecular weight excluding hydrogens is 274 g/mol. The van der Waals surface area contributed by atoms with Crippen LogP contribution in [0.3, 0.4) is 0 Å². The lowest BCUT2D eigenvalue weighted by molar-refractivity contribution is -0.121. The fourth-order valence-electron chi connectivity index (χ4n) is 2.56. The van der Waals surface area contributed by atoms with Crippen molar-refractivity contribution in [1.29, 1.82) is 0 Å². The number of nitrogens with zero attached hydrogens (tertiary/aromatic N) is 1. The summed E-state index contributed by atoms with van der Waals surface area (Å²) in [7, 11) is 0. The fraction of sp³-hybridized carbons (Fsp3) is 0.571. The van der Waals surface area contributed by atoms with Gasteiger partial charge in [0, 0.05) is 6.54 Å². The molecule has 0 aliphatic carbocycles. The van der Waals surface area contributed by atoms with E-state index in [2.05, 4.69) is 17.1 Å². The molecule has 2 heterocycles. The number of primary amides is 1. The van der Waals surface area contributed by atoms with Crippen molar-refractivity contribution in [3.05, 3.63) is 17.0 Å². The molecule has 1 aromatic heterocycles. The molecule has 1 saturated heterocycles. The van der Waals surface area contributed by atoms with Crippen LogP contribution in [0, 0.1) is 5.92 Å². The number of carbonyl (C=O) groups is 2. The number of hydrogen-bond acceptors (Lipinski definition) is 4. The van der Waals surface area contributed by atoms with Crippen molar-refractivity contribution in [2.45, 2.75) is 32.7 Å². The maximum Gasteiger partial charge on any atom is 0.251 e. The standard InChI is InChI=1S/C14H21N3O2S/c1-9-4-3-6-17(8-9)10(2)13(19)16-14-11(12(15)18)5-7-20-14/h5,7,9-10H,3-4,6,8H2,1-2H3,(H2,15,18)(H,16,19)/t9-,10+/m0/s1. The summed E-state index contributed by atoms with van der Waals surface area (Å²) >= 11 is 1.32. The van der Waals surface area contributed by atoms with Crippen molar-refractivity contribution in [3.63, 3.8) is 0 Å². The summed E-state index contributed by atoms with van der Waals surface area (Å²) < 4.78 is 0. The first-order chi connectivity index (χ1) is 9.49. The Balaban J connectivity index is 2.00. The highest BCUT2D eigenvalue weighted by molar-refractivity contribution is 7.14. The zero-order valence-corrected chi connectivity index (χ0v) is 12.7. The average Bonchev–Trinajstić information content (AvgIpc) is 2.86. The molecule has 6 heteroatoms. The Bertz CT molecular complexity index is 500. The number of thiophene rings is 1. The van der Waals surface area contributed by atoms with E-state index in [-0.39, 0.29) is 11.9 Å². The Kier molecular flexibility index (Phi) is 4.77. The third kappa shape index (κ3) is 3.37. The van der Waals surface area contributed by atoms with Crippen LogP contribution < -0.4 is 11.1 Å². The van der Waals surface area contributed by atoms with Gasteiger partial charge in [-0.1, -0.05) is 6.92 Å². The van der Waals surface area contributed by atoms with Crippen molar-refractivity contribution >= 4 is 28.2 Å². The number of hydrogen-bond donors (Lipinski definition) is 2. The topological polar surface area (TPSA) is 75.4 Å². The molecule has 1 aliphatic rings. The fourth-order valence-corrected chi connectivity index (χ4v) is 3.36. The third-order valence-electron chi connectivity index (χ3n) is 3.78. The molecule has 1 aromatic rings. The average molecular weight is 295 g/mol. The molecule has 0 bridgehead atoms. The lowest BCUT2D eigenvalue weighted by atomic mass is 9.99. The molecular formula is C14H21N3O2S.